The molecule has 1 saturated carbocycles. The van der Waals surface area contributed by atoms with Gasteiger partial charge in [-0.1, -0.05) is 96.2 Å². The first-order chi connectivity index (χ1) is 15.9. The monoisotopic (exact) mass is 429 g/mol. The molecule has 0 saturated heterocycles. The highest BCUT2D eigenvalue weighted by Gasteiger charge is 2.53. The van der Waals surface area contributed by atoms with Gasteiger partial charge in [0.05, 0.1) is 37.6 Å². The topological polar surface area (TPSA) is 49.3 Å². The number of hydrogen-bond donors (Lipinski definition) is 0. The predicted octanol–water partition coefficient (Wildman–Crippen LogP) is 4.76. The third kappa shape index (κ3) is 4.75. The molecule has 0 N–H and O–H groups in total. The van der Waals surface area contributed by atoms with Gasteiger partial charge in [0, 0.05) is 0 Å². The molecule has 0 spiro atoms. The molecule has 4 atom stereocenters. The van der Waals surface area contributed by atoms with Gasteiger partial charge in [-0.3, -0.25) is 0 Å². The third-order valence-electron chi connectivity index (χ3n) is 5.96. The lowest BCUT2D eigenvalue weighted by Crippen LogP contribution is -2.38. The Morgan fingerprint density at radius 3 is 1.62 bits per heavy atom. The van der Waals surface area contributed by atoms with E-state index in [9.17, 15) is 0 Å². The maximum Gasteiger partial charge on any atom is 0.128 e. The first-order valence-electron chi connectivity index (χ1n) is 11.0. The fourth-order valence-electron chi connectivity index (χ4n) is 4.31. The van der Waals surface area contributed by atoms with Gasteiger partial charge >= 0.3 is 0 Å². The van der Waals surface area contributed by atoms with Gasteiger partial charge in [-0.25, -0.2) is 0 Å². The van der Waals surface area contributed by atoms with Gasteiger partial charge in [-0.05, 0) is 16.7 Å². The van der Waals surface area contributed by atoms with E-state index < -0.39 is 0 Å². The van der Waals surface area contributed by atoms with E-state index in [0.29, 0.717) is 26.4 Å². The van der Waals surface area contributed by atoms with E-state index in [1.807, 2.05) is 54.6 Å². The molecule has 5 rings (SSSR count). The van der Waals surface area contributed by atoms with Crippen molar-refractivity contribution in [3.05, 3.63) is 108 Å². The van der Waals surface area contributed by atoms with Gasteiger partial charge in [0.25, 0.3) is 0 Å². The van der Waals surface area contributed by atoms with Crippen LogP contribution in [0.25, 0.3) is 0 Å². The van der Waals surface area contributed by atoms with Crippen LogP contribution in [-0.4, -0.2) is 30.6 Å². The zero-order chi connectivity index (χ0) is 21.6. The van der Waals surface area contributed by atoms with Crippen molar-refractivity contribution in [1.82, 2.24) is 0 Å². The molecule has 0 radical (unpaired) electrons. The largest absolute Gasteiger partial charge is 0.395 e. The number of ether oxygens (including phenoxy) is 3. The summed E-state index contributed by atoms with van der Waals surface area (Å²) < 4.78 is 19.2. The summed E-state index contributed by atoms with van der Waals surface area (Å²) in [6, 6.07) is 30.5. The van der Waals surface area contributed by atoms with Crippen molar-refractivity contribution in [3.8, 4) is 0 Å². The molecule has 1 aliphatic carbocycles. The molecule has 1 fully saturated rings. The Balaban J connectivity index is 1.35. The minimum atomic E-state index is -0.313. The lowest BCUT2D eigenvalue weighted by molar-refractivity contribution is -0.129. The molecular weight excluding hydrogens is 402 g/mol. The Kier molecular flexibility index (Phi) is 6.58. The molecule has 0 unspecified atom stereocenters. The Morgan fingerprint density at radius 1 is 0.625 bits per heavy atom. The minimum absolute atomic E-state index is 0.0280. The smallest absolute Gasteiger partial charge is 0.128 e. The van der Waals surface area contributed by atoms with E-state index in [1.54, 1.807) is 0 Å². The highest BCUT2D eigenvalue weighted by Crippen LogP contribution is 2.36. The first-order valence-corrected chi connectivity index (χ1v) is 11.0. The van der Waals surface area contributed by atoms with Crippen LogP contribution < -0.4 is 0 Å². The molecule has 5 heteroatoms. The van der Waals surface area contributed by atoms with Crippen molar-refractivity contribution in [2.75, 3.05) is 6.61 Å². The highest BCUT2D eigenvalue weighted by molar-refractivity contribution is 5.95. The molecular formula is C27H27NO4. The standard InChI is InChI=1S/C27H27NO4/c1-4-10-20(11-5-1)16-29-25-23-19-32-28-24(23)26(30-17-21-12-6-2-7-13-21)27(25)31-18-22-14-8-3-9-15-22/h1-15,23,25-27H,16-19H2/t23-,25+,26+,27-/m0/s1. The molecule has 164 valence electrons. The summed E-state index contributed by atoms with van der Waals surface area (Å²) in [6.45, 7) is 1.97. The summed E-state index contributed by atoms with van der Waals surface area (Å²) in [4.78, 5) is 5.46. The summed E-state index contributed by atoms with van der Waals surface area (Å²) in [7, 11) is 0. The summed E-state index contributed by atoms with van der Waals surface area (Å²) in [5, 5.41) is 4.33. The third-order valence-corrected chi connectivity index (χ3v) is 5.96. The van der Waals surface area contributed by atoms with Gasteiger partial charge in [0.1, 0.15) is 18.8 Å². The summed E-state index contributed by atoms with van der Waals surface area (Å²) in [6.07, 6.45) is -0.775. The second-order valence-corrected chi connectivity index (χ2v) is 8.16. The van der Waals surface area contributed by atoms with E-state index in [2.05, 4.69) is 41.6 Å². The van der Waals surface area contributed by atoms with E-state index in [0.717, 1.165) is 22.4 Å². The van der Waals surface area contributed by atoms with Crippen LogP contribution in [0.1, 0.15) is 16.7 Å². The Morgan fingerprint density at radius 2 is 1.09 bits per heavy atom. The lowest BCUT2D eigenvalue weighted by atomic mass is 10.1. The Hall–Kier alpha value is -2.99. The maximum atomic E-state index is 6.44. The minimum Gasteiger partial charge on any atom is -0.395 e. The second-order valence-electron chi connectivity index (χ2n) is 8.16. The molecule has 3 aromatic carbocycles. The van der Waals surface area contributed by atoms with Crippen LogP contribution in [0.4, 0.5) is 0 Å². The van der Waals surface area contributed by atoms with Crippen molar-refractivity contribution in [2.24, 2.45) is 11.1 Å². The fraction of sp³-hybridized carbons (Fsp3) is 0.296. The fourth-order valence-corrected chi connectivity index (χ4v) is 4.31. The molecule has 3 aromatic rings. The number of fused-ring (bicyclic) bond motifs is 1. The van der Waals surface area contributed by atoms with Gasteiger partial charge in [-0.15, -0.1) is 0 Å². The van der Waals surface area contributed by atoms with E-state index in [-0.39, 0.29) is 24.2 Å². The molecule has 1 heterocycles. The van der Waals surface area contributed by atoms with Crippen LogP contribution in [0.15, 0.2) is 96.2 Å². The number of rotatable bonds is 9. The normalized spacial score (nSPS) is 24.1. The molecule has 0 aromatic heterocycles. The van der Waals surface area contributed by atoms with Crippen molar-refractivity contribution in [2.45, 2.75) is 38.1 Å². The zero-order valence-corrected chi connectivity index (χ0v) is 17.9. The average molecular weight is 430 g/mol. The quantitative estimate of drug-likeness (QED) is 0.492. The maximum absolute atomic E-state index is 6.44. The molecule has 2 aliphatic rings. The molecule has 5 nitrogen and oxygen atoms in total. The number of nitrogens with zero attached hydrogens (tertiary/aromatic N) is 1. The SMILES string of the molecule is c1ccc(CO[C@H]2[C@H](OCc3ccccc3)[C@H]3CON=C3[C@H]2OCc2ccccc2)cc1. The Labute approximate surface area is 188 Å². The molecule has 0 bridgehead atoms. The zero-order valence-electron chi connectivity index (χ0n) is 17.9. The van der Waals surface area contributed by atoms with Crippen LogP contribution in [0.3, 0.4) is 0 Å². The lowest BCUT2D eigenvalue weighted by Gasteiger charge is -2.27. The average Bonchev–Trinajstić information content (AvgIpc) is 3.43. The molecule has 0 amide bonds. The van der Waals surface area contributed by atoms with Crippen molar-refractivity contribution in [1.29, 1.82) is 0 Å². The van der Waals surface area contributed by atoms with Crippen LogP contribution in [0.2, 0.25) is 0 Å². The number of oxime groups is 1. The van der Waals surface area contributed by atoms with Gasteiger partial charge in [0.2, 0.25) is 0 Å². The molecule has 1 aliphatic heterocycles. The summed E-state index contributed by atoms with van der Waals surface area (Å²) in [5.41, 5.74) is 4.24. The van der Waals surface area contributed by atoms with Crippen LogP contribution in [0.5, 0.6) is 0 Å². The van der Waals surface area contributed by atoms with Crippen LogP contribution in [-0.2, 0) is 38.9 Å². The highest BCUT2D eigenvalue weighted by atomic mass is 16.6. The van der Waals surface area contributed by atoms with Crippen molar-refractivity contribution >= 4 is 5.71 Å². The first kappa shape index (κ1) is 20.9. The number of hydrogen-bond acceptors (Lipinski definition) is 5. The van der Waals surface area contributed by atoms with Crippen molar-refractivity contribution in [3.63, 3.8) is 0 Å². The Bertz CT molecular complexity index is 1010. The van der Waals surface area contributed by atoms with Crippen LogP contribution in [0, 0.1) is 5.92 Å². The van der Waals surface area contributed by atoms with E-state index >= 15 is 0 Å². The second kappa shape index (κ2) is 10.1. The van der Waals surface area contributed by atoms with E-state index in [1.165, 1.54) is 0 Å². The van der Waals surface area contributed by atoms with Gasteiger partial charge in [0.15, 0.2) is 0 Å². The predicted molar refractivity (Wildman–Crippen MR) is 122 cm³/mol. The molecule has 32 heavy (non-hydrogen) atoms. The van der Waals surface area contributed by atoms with Crippen molar-refractivity contribution < 1.29 is 19.0 Å². The number of benzene rings is 3. The summed E-state index contributed by atoms with van der Waals surface area (Å²) in [5.74, 6) is 0.0280. The van der Waals surface area contributed by atoms with Gasteiger partial charge < -0.3 is 19.0 Å². The van der Waals surface area contributed by atoms with Gasteiger partial charge in [-0.2, -0.15) is 0 Å². The summed E-state index contributed by atoms with van der Waals surface area (Å²) >= 11 is 0. The van der Waals surface area contributed by atoms with Crippen LogP contribution >= 0.6 is 0 Å². The van der Waals surface area contributed by atoms with E-state index in [4.69, 9.17) is 19.0 Å².